The molecule has 1 aliphatic carbocycles. The fourth-order valence-electron chi connectivity index (χ4n) is 3.28. The maximum Gasteiger partial charge on any atom is 0.345 e. The highest BCUT2D eigenvalue weighted by atomic mass is 19.3. The van der Waals surface area contributed by atoms with Gasteiger partial charge in [0.2, 0.25) is 0 Å². The van der Waals surface area contributed by atoms with Gasteiger partial charge in [0.1, 0.15) is 6.61 Å². The van der Waals surface area contributed by atoms with Crippen LogP contribution in [0.25, 0.3) is 11.1 Å². The van der Waals surface area contributed by atoms with Crippen LogP contribution in [0.2, 0.25) is 0 Å². The monoisotopic (exact) mass is 376 g/mol. The van der Waals surface area contributed by atoms with E-state index in [1.54, 1.807) is 0 Å². The van der Waals surface area contributed by atoms with Crippen LogP contribution in [0.15, 0.2) is 48.5 Å². The fourth-order valence-corrected chi connectivity index (χ4v) is 3.28. The number of alkyl halides is 2. The predicted molar refractivity (Wildman–Crippen MR) is 92.4 cm³/mol. The first-order valence-electron chi connectivity index (χ1n) is 8.43. The van der Waals surface area contributed by atoms with E-state index in [0.29, 0.717) is 0 Å². The third-order valence-electron chi connectivity index (χ3n) is 4.56. The smallest absolute Gasteiger partial charge is 0.345 e. The van der Waals surface area contributed by atoms with Crippen LogP contribution in [-0.4, -0.2) is 36.9 Å². The highest BCUT2D eigenvalue weighted by Gasteiger charge is 2.30. The largest absolute Gasteiger partial charge is 0.481 e. The molecule has 1 aliphatic rings. The molecule has 1 atom stereocenters. The highest BCUT2D eigenvalue weighted by Crippen LogP contribution is 2.44. The summed E-state index contributed by atoms with van der Waals surface area (Å²) in [6.45, 7) is -3.79. The van der Waals surface area contributed by atoms with Crippen molar-refractivity contribution in [3.8, 4) is 11.1 Å². The standard InChI is InChI=1S/C20H18F2O5/c21-20(22)27-10-12(19(24)25)9-18(23)26-11-17-15-7-3-1-5-13(15)14-6-2-4-8-16(14)17/h1-8,12,17,20H,9-11H2,(H,24,25)/t12-/m0/s1. The number of aliphatic carboxylic acids is 1. The molecule has 0 aromatic heterocycles. The van der Waals surface area contributed by atoms with Crippen molar-refractivity contribution < 1.29 is 33.0 Å². The van der Waals surface area contributed by atoms with Gasteiger partial charge in [-0.3, -0.25) is 9.59 Å². The SMILES string of the molecule is O=C(C[C@@H](COC(F)F)C(=O)O)OCC1c2ccccc2-c2ccccc21. The van der Waals surface area contributed by atoms with E-state index in [1.165, 1.54) is 0 Å². The summed E-state index contributed by atoms with van der Waals surface area (Å²) in [5.41, 5.74) is 4.20. The minimum Gasteiger partial charge on any atom is -0.481 e. The molecule has 0 aliphatic heterocycles. The van der Waals surface area contributed by atoms with Gasteiger partial charge in [-0.15, -0.1) is 0 Å². The molecule has 0 saturated carbocycles. The molecule has 0 bridgehead atoms. The number of hydrogen-bond acceptors (Lipinski definition) is 4. The second-order valence-corrected chi connectivity index (χ2v) is 6.24. The van der Waals surface area contributed by atoms with Gasteiger partial charge in [-0.05, 0) is 22.3 Å². The lowest BCUT2D eigenvalue weighted by Gasteiger charge is -2.16. The molecule has 0 unspecified atom stereocenters. The van der Waals surface area contributed by atoms with Gasteiger partial charge >= 0.3 is 18.6 Å². The van der Waals surface area contributed by atoms with Crippen LogP contribution < -0.4 is 0 Å². The van der Waals surface area contributed by atoms with Crippen LogP contribution in [0.4, 0.5) is 8.78 Å². The molecule has 0 heterocycles. The Morgan fingerprint density at radius 2 is 1.56 bits per heavy atom. The molecule has 2 aromatic rings. The Kier molecular flexibility index (Phi) is 5.81. The molecule has 5 nitrogen and oxygen atoms in total. The predicted octanol–water partition coefficient (Wildman–Crippen LogP) is 3.67. The van der Waals surface area contributed by atoms with Crippen molar-refractivity contribution in [1.82, 2.24) is 0 Å². The molecule has 0 spiro atoms. The van der Waals surface area contributed by atoms with E-state index in [0.717, 1.165) is 22.3 Å². The van der Waals surface area contributed by atoms with Gasteiger partial charge in [0.15, 0.2) is 0 Å². The van der Waals surface area contributed by atoms with Crippen molar-refractivity contribution in [1.29, 1.82) is 0 Å². The minimum atomic E-state index is -3.09. The first-order valence-corrected chi connectivity index (χ1v) is 8.43. The summed E-state index contributed by atoms with van der Waals surface area (Å²) in [6, 6.07) is 15.6. The first-order chi connectivity index (χ1) is 13.0. The number of hydrogen-bond donors (Lipinski definition) is 1. The van der Waals surface area contributed by atoms with Crippen LogP contribution in [0.3, 0.4) is 0 Å². The van der Waals surface area contributed by atoms with Crippen molar-refractivity contribution in [2.45, 2.75) is 19.0 Å². The number of ether oxygens (including phenoxy) is 2. The number of fused-ring (bicyclic) bond motifs is 3. The summed E-state index contributed by atoms with van der Waals surface area (Å²) in [5, 5.41) is 9.04. The van der Waals surface area contributed by atoms with Crippen molar-refractivity contribution in [3.63, 3.8) is 0 Å². The molecular formula is C20H18F2O5. The second kappa shape index (κ2) is 8.26. The van der Waals surface area contributed by atoms with E-state index in [9.17, 15) is 18.4 Å². The Labute approximate surface area is 154 Å². The molecule has 7 heteroatoms. The van der Waals surface area contributed by atoms with Crippen molar-refractivity contribution >= 4 is 11.9 Å². The number of carboxylic acids is 1. The van der Waals surface area contributed by atoms with Gasteiger partial charge in [-0.25, -0.2) is 0 Å². The number of esters is 1. The Morgan fingerprint density at radius 3 is 2.07 bits per heavy atom. The molecule has 0 saturated heterocycles. The Hall–Kier alpha value is -2.80. The van der Waals surface area contributed by atoms with Crippen LogP contribution in [-0.2, 0) is 19.1 Å². The van der Waals surface area contributed by atoms with E-state index in [2.05, 4.69) is 4.74 Å². The third kappa shape index (κ3) is 4.31. The van der Waals surface area contributed by atoms with Gasteiger partial charge in [0, 0.05) is 5.92 Å². The first kappa shape index (κ1) is 19.0. The normalized spacial score (nSPS) is 13.9. The van der Waals surface area contributed by atoms with Gasteiger partial charge in [0.05, 0.1) is 18.9 Å². The third-order valence-corrected chi connectivity index (χ3v) is 4.56. The van der Waals surface area contributed by atoms with Gasteiger partial charge < -0.3 is 14.6 Å². The summed E-state index contributed by atoms with van der Waals surface area (Å²) in [5.74, 6) is -3.68. The Morgan fingerprint density at radius 1 is 1.00 bits per heavy atom. The van der Waals surface area contributed by atoms with Crippen LogP contribution >= 0.6 is 0 Å². The zero-order valence-electron chi connectivity index (χ0n) is 14.3. The summed E-state index contributed by atoms with van der Waals surface area (Å²) in [7, 11) is 0. The van der Waals surface area contributed by atoms with Crippen molar-refractivity contribution in [2.24, 2.45) is 5.92 Å². The Balaban J connectivity index is 1.66. The maximum absolute atomic E-state index is 12.1. The van der Waals surface area contributed by atoms with E-state index < -0.39 is 37.5 Å². The van der Waals surface area contributed by atoms with Crippen molar-refractivity contribution in [2.75, 3.05) is 13.2 Å². The zero-order valence-corrected chi connectivity index (χ0v) is 14.3. The average molecular weight is 376 g/mol. The molecule has 27 heavy (non-hydrogen) atoms. The van der Waals surface area contributed by atoms with Crippen LogP contribution in [0.1, 0.15) is 23.5 Å². The molecule has 142 valence electrons. The quantitative estimate of drug-likeness (QED) is 0.712. The molecule has 0 fully saturated rings. The number of rotatable bonds is 8. The number of benzene rings is 2. The minimum absolute atomic E-state index is 0.0505. The summed E-state index contributed by atoms with van der Waals surface area (Å²) in [6.07, 6.45) is -0.530. The number of carbonyl (C=O) groups is 2. The summed E-state index contributed by atoms with van der Waals surface area (Å²) >= 11 is 0. The zero-order chi connectivity index (χ0) is 19.4. The lowest BCUT2D eigenvalue weighted by molar-refractivity contribution is -0.165. The second-order valence-electron chi connectivity index (χ2n) is 6.24. The maximum atomic E-state index is 12.1. The Bertz CT molecular complexity index is 791. The highest BCUT2D eigenvalue weighted by molar-refractivity contribution is 5.80. The molecule has 1 N–H and O–H groups in total. The summed E-state index contributed by atoms with van der Waals surface area (Å²) in [4.78, 5) is 23.2. The lowest BCUT2D eigenvalue weighted by Crippen LogP contribution is -2.25. The van der Waals surface area contributed by atoms with E-state index in [1.807, 2.05) is 48.5 Å². The molecular weight excluding hydrogens is 358 g/mol. The number of carboxylic acid groups (broad SMARTS) is 1. The fraction of sp³-hybridized carbons (Fsp3) is 0.300. The van der Waals surface area contributed by atoms with Gasteiger partial charge in [0.25, 0.3) is 0 Å². The molecule has 0 radical (unpaired) electrons. The molecule has 3 rings (SSSR count). The van der Waals surface area contributed by atoms with Gasteiger partial charge in [-0.2, -0.15) is 8.78 Å². The van der Waals surface area contributed by atoms with Crippen molar-refractivity contribution in [3.05, 3.63) is 59.7 Å². The van der Waals surface area contributed by atoms with Gasteiger partial charge in [-0.1, -0.05) is 48.5 Å². The number of halogens is 2. The summed E-state index contributed by atoms with van der Waals surface area (Å²) < 4.78 is 33.5. The average Bonchev–Trinajstić information content (AvgIpc) is 2.97. The molecule has 2 aromatic carbocycles. The number of carbonyl (C=O) groups excluding carboxylic acids is 1. The lowest BCUT2D eigenvalue weighted by atomic mass is 9.98. The van der Waals surface area contributed by atoms with Crippen LogP contribution in [0, 0.1) is 5.92 Å². The molecule has 0 amide bonds. The van der Waals surface area contributed by atoms with E-state index >= 15 is 0 Å². The van der Waals surface area contributed by atoms with E-state index in [4.69, 9.17) is 9.84 Å². The van der Waals surface area contributed by atoms with E-state index in [-0.39, 0.29) is 12.5 Å². The topological polar surface area (TPSA) is 72.8 Å². The van der Waals surface area contributed by atoms with Crippen LogP contribution in [0.5, 0.6) is 0 Å².